The van der Waals surface area contributed by atoms with Gasteiger partial charge in [-0.25, -0.2) is 9.78 Å². The van der Waals surface area contributed by atoms with Crippen molar-refractivity contribution >= 4 is 17.0 Å². The number of halogens is 3. The van der Waals surface area contributed by atoms with Crippen LogP contribution in [0.15, 0.2) is 60.9 Å². The number of rotatable bonds is 6. The van der Waals surface area contributed by atoms with E-state index in [2.05, 4.69) is 69.9 Å². The number of imidazole rings is 1. The first-order valence-corrected chi connectivity index (χ1v) is 11.5. The monoisotopic (exact) mass is 513 g/mol. The molecule has 1 aliphatic rings. The Hall–Kier alpha value is -4.05. The highest BCUT2D eigenvalue weighted by molar-refractivity contribution is 5.81. The second-order valence-corrected chi connectivity index (χ2v) is 8.60. The molecule has 1 aliphatic carbocycles. The molecule has 37 heavy (non-hydrogen) atoms. The molecule has 0 radical (unpaired) electrons. The van der Waals surface area contributed by atoms with Crippen molar-refractivity contribution in [1.82, 2.24) is 15.3 Å². The molecule has 3 N–H and O–H groups in total. The number of H-pyrrole nitrogens is 1. The van der Waals surface area contributed by atoms with Gasteiger partial charge >= 0.3 is 12.1 Å². The van der Waals surface area contributed by atoms with Gasteiger partial charge < -0.3 is 24.9 Å². The number of aromatic amines is 1. The Labute approximate surface area is 211 Å². The van der Waals surface area contributed by atoms with E-state index in [4.69, 9.17) is 19.4 Å². The summed E-state index contributed by atoms with van der Waals surface area (Å²) in [6, 6.07) is 19.8. The molecule has 1 heterocycles. The third-order valence-electron chi connectivity index (χ3n) is 6.18. The van der Waals surface area contributed by atoms with Crippen LogP contribution in [0.3, 0.4) is 0 Å². The molecular formula is C27H26F3N3O4. The fraction of sp³-hybridized carbons (Fsp3) is 0.259. The Morgan fingerprint density at radius 3 is 2.11 bits per heavy atom. The molecule has 194 valence electrons. The van der Waals surface area contributed by atoms with E-state index in [0.717, 1.165) is 41.9 Å². The van der Waals surface area contributed by atoms with E-state index in [1.165, 1.54) is 27.8 Å². The smallest absolute Gasteiger partial charge is 0.490 e. The highest BCUT2D eigenvalue weighted by Gasteiger charge is 2.38. The van der Waals surface area contributed by atoms with E-state index in [9.17, 15) is 13.2 Å². The van der Waals surface area contributed by atoms with Crippen molar-refractivity contribution < 1.29 is 32.5 Å². The molecule has 3 aromatic carbocycles. The zero-order valence-corrected chi connectivity index (χ0v) is 20.2. The third-order valence-corrected chi connectivity index (χ3v) is 6.18. The van der Waals surface area contributed by atoms with Crippen LogP contribution in [-0.2, 0) is 24.2 Å². The Balaban J connectivity index is 0.000000405. The minimum Gasteiger partial charge on any atom is -0.493 e. The summed E-state index contributed by atoms with van der Waals surface area (Å²) in [4.78, 5) is 16.4. The van der Waals surface area contributed by atoms with Gasteiger partial charge in [0.1, 0.15) is 0 Å². The fourth-order valence-corrected chi connectivity index (χ4v) is 4.28. The number of alkyl halides is 3. The van der Waals surface area contributed by atoms with Crippen LogP contribution in [0.1, 0.15) is 16.7 Å². The lowest BCUT2D eigenvalue weighted by Gasteiger charge is -2.12. The van der Waals surface area contributed by atoms with Gasteiger partial charge in [-0.15, -0.1) is 0 Å². The molecule has 0 atom stereocenters. The number of nitrogens with one attached hydrogen (secondary N) is 2. The van der Waals surface area contributed by atoms with Gasteiger partial charge in [0.05, 0.1) is 31.6 Å². The maximum absolute atomic E-state index is 10.6. The summed E-state index contributed by atoms with van der Waals surface area (Å²) >= 11 is 0. The highest BCUT2D eigenvalue weighted by atomic mass is 19.4. The van der Waals surface area contributed by atoms with Crippen LogP contribution in [-0.4, -0.2) is 47.5 Å². The zero-order valence-electron chi connectivity index (χ0n) is 20.2. The molecule has 5 rings (SSSR count). The Morgan fingerprint density at radius 1 is 1.00 bits per heavy atom. The quantitative estimate of drug-likeness (QED) is 0.331. The van der Waals surface area contributed by atoms with Crippen LogP contribution < -0.4 is 14.8 Å². The lowest BCUT2D eigenvalue weighted by molar-refractivity contribution is -0.192. The number of nitrogens with zero attached hydrogens (tertiary/aromatic N) is 1. The van der Waals surface area contributed by atoms with E-state index in [-0.39, 0.29) is 0 Å². The summed E-state index contributed by atoms with van der Waals surface area (Å²) in [7, 11) is 3.37. The van der Waals surface area contributed by atoms with Crippen molar-refractivity contribution in [2.45, 2.75) is 31.6 Å². The van der Waals surface area contributed by atoms with Crippen molar-refractivity contribution in [3.63, 3.8) is 0 Å². The first-order chi connectivity index (χ1) is 17.7. The molecular weight excluding hydrogens is 487 g/mol. The van der Waals surface area contributed by atoms with E-state index in [1.54, 1.807) is 20.5 Å². The predicted octanol–water partition coefficient (Wildman–Crippen LogP) is 5.14. The molecule has 0 fully saturated rings. The molecule has 1 aromatic heterocycles. The summed E-state index contributed by atoms with van der Waals surface area (Å²) in [5, 5.41) is 10.8. The van der Waals surface area contributed by atoms with Crippen LogP contribution in [0, 0.1) is 0 Å². The average Bonchev–Trinajstić information content (AvgIpc) is 3.52. The lowest BCUT2D eigenvalue weighted by Crippen LogP contribution is -2.28. The minimum absolute atomic E-state index is 0.430. The molecule has 0 aliphatic heterocycles. The number of hydrogen-bond acceptors (Lipinski definition) is 5. The molecule has 0 bridgehead atoms. The highest BCUT2D eigenvalue weighted by Crippen LogP contribution is 2.35. The Kier molecular flexibility index (Phi) is 7.68. The topological polar surface area (TPSA) is 96.5 Å². The van der Waals surface area contributed by atoms with Gasteiger partial charge in [0, 0.05) is 12.6 Å². The van der Waals surface area contributed by atoms with Gasteiger partial charge in [-0.3, -0.25) is 0 Å². The second kappa shape index (κ2) is 10.9. The number of aromatic nitrogens is 2. The van der Waals surface area contributed by atoms with Crippen molar-refractivity contribution in [3.05, 3.63) is 77.6 Å². The standard InChI is InChI=1S/C25H25N3O2.C2HF3O2/c1-29-24-12-19-9-21(10-20(19)13-25(24)30-2)26-14-16-3-5-17(6-4-16)18-7-8-22-23(11-18)28-15-27-22;3-2(4,5)1(6)7/h3-8,11-13,15,21,26H,9-10,14H2,1-2H3,(H,27,28);(H,6,7). The predicted molar refractivity (Wildman–Crippen MR) is 133 cm³/mol. The Bertz CT molecular complexity index is 1350. The maximum Gasteiger partial charge on any atom is 0.490 e. The number of ether oxygens (including phenoxy) is 2. The van der Waals surface area contributed by atoms with E-state index >= 15 is 0 Å². The average molecular weight is 514 g/mol. The molecule has 0 saturated heterocycles. The van der Waals surface area contributed by atoms with Gasteiger partial charge in [0.15, 0.2) is 11.5 Å². The van der Waals surface area contributed by atoms with Crippen LogP contribution in [0.2, 0.25) is 0 Å². The number of carbonyl (C=O) groups is 1. The zero-order chi connectivity index (χ0) is 26.6. The summed E-state index contributed by atoms with van der Waals surface area (Å²) in [6.07, 6.45) is -1.33. The van der Waals surface area contributed by atoms with Gasteiger partial charge in [-0.1, -0.05) is 30.3 Å². The molecule has 0 amide bonds. The van der Waals surface area contributed by atoms with Crippen LogP contribution in [0.4, 0.5) is 13.2 Å². The number of methoxy groups -OCH3 is 2. The summed E-state index contributed by atoms with van der Waals surface area (Å²) in [6.45, 7) is 0.854. The van der Waals surface area contributed by atoms with Crippen molar-refractivity contribution in [1.29, 1.82) is 0 Å². The SMILES string of the molecule is COc1cc2c(cc1OC)CC(NCc1ccc(-c3ccc4nc[nH]c4c3)cc1)C2.O=C(O)C(F)(F)F. The first-order valence-electron chi connectivity index (χ1n) is 11.5. The largest absolute Gasteiger partial charge is 0.493 e. The molecule has 4 aromatic rings. The van der Waals surface area contributed by atoms with Crippen LogP contribution >= 0.6 is 0 Å². The maximum atomic E-state index is 10.6. The van der Waals surface area contributed by atoms with Gasteiger partial charge in [-0.2, -0.15) is 13.2 Å². The number of carboxylic acids is 1. The summed E-state index contributed by atoms with van der Waals surface area (Å²) < 4.78 is 42.6. The van der Waals surface area contributed by atoms with Crippen LogP contribution in [0.25, 0.3) is 22.2 Å². The minimum atomic E-state index is -5.08. The van der Waals surface area contributed by atoms with E-state index < -0.39 is 12.1 Å². The molecule has 10 heteroatoms. The number of hydrogen-bond donors (Lipinski definition) is 3. The molecule has 0 saturated carbocycles. The van der Waals surface area contributed by atoms with Gasteiger partial charge in [-0.05, 0) is 64.9 Å². The van der Waals surface area contributed by atoms with E-state index in [1.807, 2.05) is 0 Å². The summed E-state index contributed by atoms with van der Waals surface area (Å²) in [5.74, 6) is -1.14. The second-order valence-electron chi connectivity index (χ2n) is 8.60. The molecule has 0 unspecified atom stereocenters. The molecule has 7 nitrogen and oxygen atoms in total. The van der Waals surface area contributed by atoms with Crippen molar-refractivity contribution in [3.8, 4) is 22.6 Å². The number of benzene rings is 3. The third kappa shape index (κ3) is 6.21. The number of aliphatic carboxylic acids is 1. The lowest BCUT2D eigenvalue weighted by atomic mass is 10.0. The summed E-state index contributed by atoms with van der Waals surface area (Å²) in [5.41, 5.74) is 8.43. The van der Waals surface area contributed by atoms with E-state index in [0.29, 0.717) is 6.04 Å². The Morgan fingerprint density at radius 2 is 1.57 bits per heavy atom. The fourth-order valence-electron chi connectivity index (χ4n) is 4.28. The molecule has 0 spiro atoms. The van der Waals surface area contributed by atoms with Crippen LogP contribution in [0.5, 0.6) is 11.5 Å². The number of carboxylic acid groups (broad SMARTS) is 1. The van der Waals surface area contributed by atoms with Crippen molar-refractivity contribution in [2.75, 3.05) is 14.2 Å². The van der Waals surface area contributed by atoms with Crippen molar-refractivity contribution in [2.24, 2.45) is 0 Å². The number of fused-ring (bicyclic) bond motifs is 2. The van der Waals surface area contributed by atoms with Gasteiger partial charge in [0.2, 0.25) is 0 Å². The first kappa shape index (κ1) is 26.0. The van der Waals surface area contributed by atoms with Gasteiger partial charge in [0.25, 0.3) is 0 Å². The normalized spacial score (nSPS) is 13.1.